The minimum absolute atomic E-state index is 0.104. The van der Waals surface area contributed by atoms with Crippen LogP contribution in [0.25, 0.3) is 27.7 Å². The fraction of sp³-hybridized carbons (Fsp3) is 0.333. The number of rotatable bonds is 5. The van der Waals surface area contributed by atoms with Gasteiger partial charge in [-0.2, -0.15) is 0 Å². The van der Waals surface area contributed by atoms with Gasteiger partial charge in [-0.05, 0) is 54.8 Å². The predicted octanol–water partition coefficient (Wildman–Crippen LogP) is 3.94. The van der Waals surface area contributed by atoms with Crippen LogP contribution < -0.4 is 4.74 Å². The highest BCUT2D eigenvalue weighted by Crippen LogP contribution is 2.37. The zero-order chi connectivity index (χ0) is 22.1. The average molecular weight is 423 g/mol. The largest absolute Gasteiger partial charge is 0.496 e. The number of amides is 1. The van der Waals surface area contributed by atoms with Gasteiger partial charge in [0.15, 0.2) is 0 Å². The van der Waals surface area contributed by atoms with Gasteiger partial charge in [-0.15, -0.1) is 0 Å². The lowest BCUT2D eigenvalue weighted by molar-refractivity contribution is -0.130. The number of carbonyl (C=O) groups is 1. The van der Waals surface area contributed by atoms with E-state index in [1.807, 2.05) is 6.07 Å². The third-order valence-electron chi connectivity index (χ3n) is 5.88. The summed E-state index contributed by atoms with van der Waals surface area (Å²) in [5.41, 5.74) is 4.50. The smallest absolute Gasteiger partial charge is 0.236 e. The van der Waals surface area contributed by atoms with E-state index in [2.05, 4.69) is 33.9 Å². The van der Waals surface area contributed by atoms with Gasteiger partial charge >= 0.3 is 0 Å². The summed E-state index contributed by atoms with van der Waals surface area (Å²) in [7, 11) is 5.14. The van der Waals surface area contributed by atoms with Crippen LogP contribution in [0.4, 0.5) is 4.39 Å². The number of halogens is 1. The number of hydrogen-bond acceptors (Lipinski definition) is 4. The minimum Gasteiger partial charge on any atom is -0.496 e. The second-order valence-electron chi connectivity index (χ2n) is 8.15. The van der Waals surface area contributed by atoms with Crippen LogP contribution in [0.1, 0.15) is 19.0 Å². The van der Waals surface area contributed by atoms with Gasteiger partial charge in [0.2, 0.25) is 5.91 Å². The number of benzene rings is 1. The van der Waals surface area contributed by atoms with Crippen molar-refractivity contribution in [1.82, 2.24) is 19.8 Å². The van der Waals surface area contributed by atoms with Gasteiger partial charge < -0.3 is 14.6 Å². The molecule has 3 heterocycles. The third-order valence-corrected chi connectivity index (χ3v) is 5.88. The number of pyridine rings is 1. The van der Waals surface area contributed by atoms with Crippen molar-refractivity contribution in [1.29, 1.82) is 0 Å². The summed E-state index contributed by atoms with van der Waals surface area (Å²) in [6, 6.07) is 8.71. The van der Waals surface area contributed by atoms with E-state index in [4.69, 9.17) is 4.74 Å². The quantitative estimate of drug-likeness (QED) is 0.677. The number of likely N-dealkylation sites (N-methyl/N-ethyl adjacent to an activating group) is 1. The molecule has 0 spiro atoms. The van der Waals surface area contributed by atoms with Crippen molar-refractivity contribution in [3.63, 3.8) is 0 Å². The van der Waals surface area contributed by atoms with Crippen LogP contribution >= 0.6 is 0 Å². The van der Waals surface area contributed by atoms with Gasteiger partial charge in [0, 0.05) is 49.5 Å². The van der Waals surface area contributed by atoms with Crippen molar-refractivity contribution >= 4 is 22.5 Å². The SMILES string of the molecule is COc1ccc(F)cc1-c1ccnc2[nH]c(C3=CCN(CC(=O)N(C)C)[C@H](C)C3)cc12. The highest BCUT2D eigenvalue weighted by molar-refractivity contribution is 5.96. The van der Waals surface area contributed by atoms with Crippen molar-refractivity contribution in [3.05, 3.63) is 54.1 Å². The summed E-state index contributed by atoms with van der Waals surface area (Å²) >= 11 is 0. The number of aromatic nitrogens is 2. The molecule has 0 aliphatic carbocycles. The normalized spacial score (nSPS) is 16.9. The van der Waals surface area contributed by atoms with Gasteiger partial charge in [0.05, 0.1) is 13.7 Å². The standard InChI is InChI=1S/C24H27FN4O2/c1-15-11-16(8-10-29(15)14-23(30)28(2)3)21-13-20-18(7-9-26-24(20)27-21)19-12-17(25)5-6-22(19)31-4/h5-9,12-13,15H,10-11,14H2,1-4H3,(H,26,27)/t15-/m1/s1. The Morgan fingerprint density at radius 2 is 2.10 bits per heavy atom. The fourth-order valence-electron chi connectivity index (χ4n) is 4.02. The van der Waals surface area contributed by atoms with E-state index < -0.39 is 0 Å². The molecule has 162 valence electrons. The molecular weight excluding hydrogens is 395 g/mol. The Bertz CT molecular complexity index is 1150. The van der Waals surface area contributed by atoms with Crippen LogP contribution in [0.3, 0.4) is 0 Å². The van der Waals surface area contributed by atoms with E-state index >= 15 is 0 Å². The van der Waals surface area contributed by atoms with Crippen molar-refractivity contribution in [2.45, 2.75) is 19.4 Å². The number of carbonyl (C=O) groups excluding carboxylic acids is 1. The van der Waals surface area contributed by atoms with Crippen molar-refractivity contribution in [2.75, 3.05) is 34.3 Å². The lowest BCUT2D eigenvalue weighted by atomic mass is 9.97. The molecule has 4 rings (SSSR count). The summed E-state index contributed by atoms with van der Waals surface area (Å²) in [6.45, 7) is 3.26. The second kappa shape index (κ2) is 8.51. The number of fused-ring (bicyclic) bond motifs is 1. The van der Waals surface area contributed by atoms with E-state index in [9.17, 15) is 9.18 Å². The van der Waals surface area contributed by atoms with Gasteiger partial charge in [-0.1, -0.05) is 6.08 Å². The molecule has 1 atom stereocenters. The zero-order valence-electron chi connectivity index (χ0n) is 18.3. The Morgan fingerprint density at radius 1 is 1.29 bits per heavy atom. The maximum Gasteiger partial charge on any atom is 0.236 e. The number of aromatic amines is 1. The highest BCUT2D eigenvalue weighted by atomic mass is 19.1. The molecule has 3 aromatic rings. The van der Waals surface area contributed by atoms with Crippen LogP contribution in [-0.2, 0) is 4.79 Å². The molecular formula is C24H27FN4O2. The lowest BCUT2D eigenvalue weighted by Crippen LogP contribution is -2.43. The van der Waals surface area contributed by atoms with Gasteiger partial charge in [-0.25, -0.2) is 9.37 Å². The molecule has 0 saturated heterocycles. The molecule has 1 aromatic carbocycles. The summed E-state index contributed by atoms with van der Waals surface area (Å²) in [5.74, 6) is 0.406. The molecule has 1 aliphatic rings. The first-order valence-corrected chi connectivity index (χ1v) is 10.3. The number of hydrogen-bond donors (Lipinski definition) is 1. The maximum absolute atomic E-state index is 14.0. The maximum atomic E-state index is 14.0. The zero-order valence-corrected chi connectivity index (χ0v) is 18.3. The molecule has 31 heavy (non-hydrogen) atoms. The predicted molar refractivity (Wildman–Crippen MR) is 120 cm³/mol. The van der Waals surface area contributed by atoms with Gasteiger partial charge in [0.1, 0.15) is 17.2 Å². The number of methoxy groups -OCH3 is 1. The molecule has 1 amide bonds. The topological polar surface area (TPSA) is 61.5 Å². The Balaban J connectivity index is 1.67. The third kappa shape index (κ3) is 4.18. The van der Waals surface area contributed by atoms with E-state index in [0.29, 0.717) is 24.4 Å². The molecule has 0 saturated carbocycles. The molecule has 1 N–H and O–H groups in total. The monoisotopic (exact) mass is 422 g/mol. The summed E-state index contributed by atoms with van der Waals surface area (Å²) in [6.07, 6.45) is 4.71. The Kier molecular flexibility index (Phi) is 5.78. The molecule has 0 bridgehead atoms. The van der Waals surface area contributed by atoms with Crippen LogP contribution in [0.5, 0.6) is 5.75 Å². The Morgan fingerprint density at radius 3 is 2.81 bits per heavy atom. The van der Waals surface area contributed by atoms with E-state index in [0.717, 1.165) is 28.7 Å². The van der Waals surface area contributed by atoms with Crippen LogP contribution in [-0.4, -0.2) is 66.0 Å². The molecule has 0 fully saturated rings. The molecule has 0 unspecified atom stereocenters. The van der Waals surface area contributed by atoms with Crippen LogP contribution in [0, 0.1) is 5.82 Å². The summed E-state index contributed by atoms with van der Waals surface area (Å²) < 4.78 is 19.4. The van der Waals surface area contributed by atoms with Gasteiger partial charge in [-0.3, -0.25) is 9.69 Å². The second-order valence-corrected chi connectivity index (χ2v) is 8.15. The number of nitrogens with zero attached hydrogens (tertiary/aromatic N) is 3. The highest BCUT2D eigenvalue weighted by Gasteiger charge is 2.24. The Labute approximate surface area is 181 Å². The molecule has 6 nitrogen and oxygen atoms in total. The molecule has 1 aliphatic heterocycles. The van der Waals surface area contributed by atoms with Crippen LogP contribution in [0.2, 0.25) is 0 Å². The van der Waals surface area contributed by atoms with E-state index in [1.54, 1.807) is 38.4 Å². The lowest BCUT2D eigenvalue weighted by Gasteiger charge is -2.32. The number of nitrogens with one attached hydrogen (secondary N) is 1. The molecule has 7 heteroatoms. The average Bonchev–Trinajstić information content (AvgIpc) is 3.19. The Hall–Kier alpha value is -3.19. The molecule has 2 aromatic heterocycles. The van der Waals surface area contributed by atoms with Crippen molar-refractivity contribution in [3.8, 4) is 16.9 Å². The molecule has 0 radical (unpaired) electrons. The van der Waals surface area contributed by atoms with Crippen LogP contribution in [0.15, 0.2) is 42.6 Å². The summed E-state index contributed by atoms with van der Waals surface area (Å²) in [4.78, 5) is 23.8. The van der Waals surface area contributed by atoms with Gasteiger partial charge in [0.25, 0.3) is 0 Å². The summed E-state index contributed by atoms with van der Waals surface area (Å²) in [5, 5.41) is 0.917. The number of ether oxygens (including phenoxy) is 1. The number of H-pyrrole nitrogens is 1. The van der Waals surface area contributed by atoms with E-state index in [-0.39, 0.29) is 17.8 Å². The first-order valence-electron chi connectivity index (χ1n) is 10.3. The fourth-order valence-corrected chi connectivity index (χ4v) is 4.02. The first kappa shape index (κ1) is 21.1. The minimum atomic E-state index is -0.312. The first-order chi connectivity index (χ1) is 14.9. The van der Waals surface area contributed by atoms with Crippen molar-refractivity contribution < 1.29 is 13.9 Å². The van der Waals surface area contributed by atoms with Crippen molar-refractivity contribution in [2.24, 2.45) is 0 Å². The van der Waals surface area contributed by atoms with E-state index in [1.165, 1.54) is 17.7 Å².